The molecule has 1 aliphatic carbocycles. The molecule has 1 saturated heterocycles. The number of hydrogen-bond donors (Lipinski definition) is 0. The fourth-order valence-corrected chi connectivity index (χ4v) is 1.87. The Morgan fingerprint density at radius 2 is 2.55 bits per heavy atom. The molecule has 1 aliphatic heterocycles. The van der Waals surface area contributed by atoms with Crippen molar-refractivity contribution in [3.05, 3.63) is 0 Å². The highest BCUT2D eigenvalue weighted by molar-refractivity contribution is 5.36. The molecule has 3 nitrogen and oxygen atoms in total. The van der Waals surface area contributed by atoms with Crippen molar-refractivity contribution in [2.45, 2.75) is 25.3 Å². The molecular formula is C8H11NO2. The molecule has 0 N–H and O–H groups in total. The Morgan fingerprint density at radius 3 is 3.18 bits per heavy atom. The van der Waals surface area contributed by atoms with Crippen molar-refractivity contribution in [3.8, 4) is 0 Å². The minimum atomic E-state index is 0.222. The number of hydrogen-bond acceptors (Lipinski definition) is 3. The molecule has 2 atom stereocenters. The summed E-state index contributed by atoms with van der Waals surface area (Å²) in [7, 11) is 0. The van der Waals surface area contributed by atoms with Gasteiger partial charge in [-0.1, -0.05) is 0 Å². The van der Waals surface area contributed by atoms with E-state index in [-0.39, 0.29) is 11.5 Å². The van der Waals surface area contributed by atoms with Crippen molar-refractivity contribution in [3.63, 3.8) is 0 Å². The molecule has 0 bridgehead atoms. The van der Waals surface area contributed by atoms with E-state index in [4.69, 9.17) is 4.74 Å². The predicted molar refractivity (Wildman–Crippen MR) is 39.0 cm³/mol. The molecule has 1 saturated carbocycles. The number of nitrogens with zero attached hydrogens (tertiary/aromatic N) is 1. The smallest absolute Gasteiger partial charge is 0.235 e. The van der Waals surface area contributed by atoms with E-state index in [1.807, 2.05) is 0 Å². The van der Waals surface area contributed by atoms with Gasteiger partial charge in [0.05, 0.1) is 12.6 Å². The minimum Gasteiger partial charge on any atom is -0.381 e. The Kier molecular flexibility index (Phi) is 1.55. The molecule has 3 heteroatoms. The molecule has 0 amide bonds. The van der Waals surface area contributed by atoms with Crippen LogP contribution in [-0.4, -0.2) is 25.3 Å². The molecule has 60 valence electrons. The van der Waals surface area contributed by atoms with Gasteiger partial charge in [-0.3, -0.25) is 0 Å². The Labute approximate surface area is 65.5 Å². The highest BCUT2D eigenvalue weighted by Crippen LogP contribution is 2.53. The third kappa shape index (κ3) is 1.10. The molecule has 11 heavy (non-hydrogen) atoms. The Bertz CT molecular complexity index is 202. The zero-order chi connectivity index (χ0) is 7.73. The van der Waals surface area contributed by atoms with Gasteiger partial charge in [-0.15, -0.1) is 0 Å². The summed E-state index contributed by atoms with van der Waals surface area (Å²) < 4.78 is 5.33. The van der Waals surface area contributed by atoms with Gasteiger partial charge >= 0.3 is 0 Å². The van der Waals surface area contributed by atoms with Crippen LogP contribution < -0.4 is 0 Å². The highest BCUT2D eigenvalue weighted by atomic mass is 16.5. The molecule has 0 radical (unpaired) electrons. The lowest BCUT2D eigenvalue weighted by Gasteiger charge is -2.21. The first-order valence-electron chi connectivity index (χ1n) is 4.02. The van der Waals surface area contributed by atoms with Gasteiger partial charge in [-0.05, 0) is 19.3 Å². The third-order valence-electron chi connectivity index (χ3n) is 2.71. The quantitative estimate of drug-likeness (QED) is 0.414. The molecule has 2 rings (SSSR count). The van der Waals surface area contributed by atoms with Crippen LogP contribution in [0.4, 0.5) is 0 Å². The zero-order valence-corrected chi connectivity index (χ0v) is 6.38. The largest absolute Gasteiger partial charge is 0.381 e. The summed E-state index contributed by atoms with van der Waals surface area (Å²) in [4.78, 5) is 13.7. The van der Waals surface area contributed by atoms with Crippen molar-refractivity contribution in [2.75, 3.05) is 13.2 Å². The predicted octanol–water partition coefficient (Wildman–Crippen LogP) is 0.891. The molecule has 0 aromatic carbocycles. The lowest BCUT2D eigenvalue weighted by atomic mass is 9.99. The Hall–Kier alpha value is -0.660. The molecule has 1 spiro atoms. The van der Waals surface area contributed by atoms with E-state index in [0.29, 0.717) is 0 Å². The van der Waals surface area contributed by atoms with E-state index < -0.39 is 0 Å². The Morgan fingerprint density at radius 1 is 1.64 bits per heavy atom. The summed E-state index contributed by atoms with van der Waals surface area (Å²) in [6, 6.07) is 0.222. The van der Waals surface area contributed by atoms with Crippen LogP contribution in [0.5, 0.6) is 0 Å². The Balaban J connectivity index is 1.98. The normalized spacial score (nSPS) is 41.6. The fraction of sp³-hybridized carbons (Fsp3) is 0.875. The van der Waals surface area contributed by atoms with E-state index in [2.05, 4.69) is 4.99 Å². The maximum absolute atomic E-state index is 9.95. The first kappa shape index (κ1) is 7.01. The van der Waals surface area contributed by atoms with Gasteiger partial charge in [-0.25, -0.2) is 9.79 Å². The van der Waals surface area contributed by atoms with Gasteiger partial charge in [-0.2, -0.15) is 0 Å². The lowest BCUT2D eigenvalue weighted by molar-refractivity contribution is 0.0413. The third-order valence-corrected chi connectivity index (χ3v) is 2.71. The molecule has 1 heterocycles. The number of carbonyl (C=O) groups excluding carboxylic acids is 1. The second-order valence-corrected chi connectivity index (χ2v) is 3.46. The molecule has 2 aliphatic rings. The lowest BCUT2D eigenvalue weighted by Crippen LogP contribution is -2.21. The van der Waals surface area contributed by atoms with E-state index in [1.54, 1.807) is 6.08 Å². The van der Waals surface area contributed by atoms with Crippen LogP contribution in [0.2, 0.25) is 0 Å². The maximum Gasteiger partial charge on any atom is 0.235 e. The topological polar surface area (TPSA) is 38.7 Å². The highest BCUT2D eigenvalue weighted by Gasteiger charge is 2.55. The number of isocyanates is 1. The van der Waals surface area contributed by atoms with Crippen molar-refractivity contribution in [1.82, 2.24) is 0 Å². The first-order valence-corrected chi connectivity index (χ1v) is 4.02. The van der Waals surface area contributed by atoms with Crippen LogP contribution in [0.3, 0.4) is 0 Å². The van der Waals surface area contributed by atoms with Crippen molar-refractivity contribution < 1.29 is 9.53 Å². The standard InChI is InChI=1S/C8H11NO2/c10-6-9-7-4-8(7)2-1-3-11-5-8/h7H,1-5H2. The van der Waals surface area contributed by atoms with Crippen LogP contribution in [0.15, 0.2) is 4.99 Å². The average molecular weight is 153 g/mol. The number of ether oxygens (including phenoxy) is 1. The van der Waals surface area contributed by atoms with Crippen LogP contribution in [0, 0.1) is 5.41 Å². The summed E-state index contributed by atoms with van der Waals surface area (Å²) in [6.07, 6.45) is 4.94. The maximum atomic E-state index is 9.95. The van der Waals surface area contributed by atoms with Gasteiger partial charge in [0.1, 0.15) is 0 Å². The van der Waals surface area contributed by atoms with Gasteiger partial charge in [0.25, 0.3) is 0 Å². The SMILES string of the molecule is O=C=NC1CC12CCCOC2. The van der Waals surface area contributed by atoms with Crippen LogP contribution in [-0.2, 0) is 9.53 Å². The monoisotopic (exact) mass is 153 g/mol. The van der Waals surface area contributed by atoms with E-state index >= 15 is 0 Å². The van der Waals surface area contributed by atoms with Gasteiger partial charge in [0.15, 0.2) is 0 Å². The summed E-state index contributed by atoms with van der Waals surface area (Å²) in [5, 5.41) is 0. The van der Waals surface area contributed by atoms with Crippen molar-refractivity contribution in [2.24, 2.45) is 10.4 Å². The second-order valence-electron chi connectivity index (χ2n) is 3.46. The van der Waals surface area contributed by atoms with E-state index in [1.165, 1.54) is 6.42 Å². The van der Waals surface area contributed by atoms with E-state index in [9.17, 15) is 4.79 Å². The summed E-state index contributed by atoms with van der Waals surface area (Å²) in [5.41, 5.74) is 0.246. The summed E-state index contributed by atoms with van der Waals surface area (Å²) >= 11 is 0. The number of aliphatic imine (C=N–C) groups is 1. The minimum absolute atomic E-state index is 0.222. The number of rotatable bonds is 1. The molecule has 0 aromatic rings. The fourth-order valence-electron chi connectivity index (χ4n) is 1.87. The van der Waals surface area contributed by atoms with Crippen molar-refractivity contribution >= 4 is 6.08 Å². The molecular weight excluding hydrogens is 142 g/mol. The van der Waals surface area contributed by atoms with Crippen LogP contribution >= 0.6 is 0 Å². The van der Waals surface area contributed by atoms with Crippen molar-refractivity contribution in [1.29, 1.82) is 0 Å². The van der Waals surface area contributed by atoms with Crippen LogP contribution in [0.25, 0.3) is 0 Å². The molecule has 0 aromatic heterocycles. The van der Waals surface area contributed by atoms with Gasteiger partial charge in [0.2, 0.25) is 6.08 Å². The zero-order valence-electron chi connectivity index (χ0n) is 6.38. The summed E-state index contributed by atoms with van der Waals surface area (Å²) in [5.74, 6) is 0. The van der Waals surface area contributed by atoms with E-state index in [0.717, 1.165) is 26.1 Å². The van der Waals surface area contributed by atoms with Crippen LogP contribution in [0.1, 0.15) is 19.3 Å². The van der Waals surface area contributed by atoms with Gasteiger partial charge < -0.3 is 4.74 Å². The molecule has 2 unspecified atom stereocenters. The first-order chi connectivity index (χ1) is 5.37. The molecule has 2 fully saturated rings. The average Bonchev–Trinajstić information content (AvgIpc) is 2.66. The second kappa shape index (κ2) is 2.43. The summed E-state index contributed by atoms with van der Waals surface area (Å²) in [6.45, 7) is 1.67. The van der Waals surface area contributed by atoms with Gasteiger partial charge in [0, 0.05) is 12.0 Å².